The van der Waals surface area contributed by atoms with Gasteiger partial charge in [-0.25, -0.2) is 0 Å². The minimum absolute atomic E-state index is 0.0336. The number of rotatable bonds is 6. The zero-order chi connectivity index (χ0) is 19.4. The summed E-state index contributed by atoms with van der Waals surface area (Å²) in [7, 11) is 0. The van der Waals surface area contributed by atoms with Crippen molar-refractivity contribution in [3.63, 3.8) is 0 Å². The van der Waals surface area contributed by atoms with Crippen molar-refractivity contribution in [2.45, 2.75) is 0 Å². The summed E-state index contributed by atoms with van der Waals surface area (Å²) in [5, 5.41) is 25.7. The van der Waals surface area contributed by atoms with Crippen LogP contribution in [-0.2, 0) is 0 Å². The van der Waals surface area contributed by atoms with Crippen LogP contribution in [0.2, 0.25) is 0 Å². The van der Waals surface area contributed by atoms with Crippen LogP contribution >= 0.6 is 22.6 Å². The first-order valence-electron chi connectivity index (χ1n) is 7.52. The number of nitrogens with one attached hydrogen (secondary N) is 1. The minimum Gasteiger partial charge on any atom is -0.455 e. The molecular formula is C17H11IN4O5. The van der Waals surface area contributed by atoms with Crippen LogP contribution in [0.25, 0.3) is 11.3 Å². The van der Waals surface area contributed by atoms with Gasteiger partial charge in [0.2, 0.25) is 0 Å². The molecular weight excluding hydrogens is 467 g/mol. The number of halogens is 1. The second-order valence-electron chi connectivity index (χ2n) is 5.29. The number of hydrazone groups is 1. The Balaban J connectivity index is 1.75. The van der Waals surface area contributed by atoms with Gasteiger partial charge in [0.15, 0.2) is 0 Å². The lowest BCUT2D eigenvalue weighted by atomic mass is 10.2. The molecule has 0 aliphatic carbocycles. The average Bonchev–Trinajstić information content (AvgIpc) is 3.11. The molecule has 27 heavy (non-hydrogen) atoms. The van der Waals surface area contributed by atoms with Gasteiger partial charge in [-0.3, -0.25) is 25.7 Å². The van der Waals surface area contributed by atoms with Gasteiger partial charge in [-0.1, -0.05) is 12.1 Å². The molecule has 0 aliphatic heterocycles. The highest BCUT2D eigenvalue weighted by Gasteiger charge is 2.19. The van der Waals surface area contributed by atoms with Gasteiger partial charge in [-0.2, -0.15) is 5.10 Å². The van der Waals surface area contributed by atoms with Gasteiger partial charge < -0.3 is 4.42 Å². The standard InChI is InChI=1S/C17H11IN4O5/c18-12-3-1-11(2-4-12)17-8-6-14(27-17)10-19-20-15-7-5-13(21(23)24)9-16(15)22(25)26/h1-10,20H/b19-10-. The summed E-state index contributed by atoms with van der Waals surface area (Å²) in [4.78, 5) is 20.4. The van der Waals surface area contributed by atoms with Crippen LogP contribution in [-0.4, -0.2) is 16.1 Å². The van der Waals surface area contributed by atoms with E-state index in [2.05, 4.69) is 33.1 Å². The molecule has 136 valence electrons. The molecule has 0 unspecified atom stereocenters. The van der Waals surface area contributed by atoms with Gasteiger partial charge in [-0.05, 0) is 52.9 Å². The number of nitro groups is 2. The predicted octanol–water partition coefficient (Wildman–Crippen LogP) is 4.81. The van der Waals surface area contributed by atoms with Crippen LogP contribution < -0.4 is 5.43 Å². The second kappa shape index (κ2) is 7.95. The van der Waals surface area contributed by atoms with Crippen molar-refractivity contribution in [3.05, 3.63) is 84.2 Å². The summed E-state index contributed by atoms with van der Waals surface area (Å²) in [6.45, 7) is 0. The van der Waals surface area contributed by atoms with Gasteiger partial charge in [0, 0.05) is 15.2 Å². The van der Waals surface area contributed by atoms with Crippen molar-refractivity contribution >= 4 is 45.9 Å². The van der Waals surface area contributed by atoms with Gasteiger partial charge >= 0.3 is 5.69 Å². The Bertz CT molecular complexity index is 1030. The van der Waals surface area contributed by atoms with Crippen molar-refractivity contribution in [3.8, 4) is 11.3 Å². The fourth-order valence-corrected chi connectivity index (χ4v) is 2.60. The lowest BCUT2D eigenvalue weighted by Gasteiger charge is -2.01. The van der Waals surface area contributed by atoms with E-state index in [4.69, 9.17) is 4.42 Å². The van der Waals surface area contributed by atoms with Gasteiger partial charge in [0.25, 0.3) is 5.69 Å². The van der Waals surface area contributed by atoms with Gasteiger partial charge in [0.1, 0.15) is 17.2 Å². The highest BCUT2D eigenvalue weighted by atomic mass is 127. The highest BCUT2D eigenvalue weighted by Crippen LogP contribution is 2.29. The van der Waals surface area contributed by atoms with E-state index in [0.717, 1.165) is 21.3 Å². The zero-order valence-corrected chi connectivity index (χ0v) is 15.7. The summed E-state index contributed by atoms with van der Waals surface area (Å²) >= 11 is 2.21. The van der Waals surface area contributed by atoms with E-state index in [1.807, 2.05) is 24.3 Å². The average molecular weight is 478 g/mol. The lowest BCUT2D eigenvalue weighted by molar-refractivity contribution is -0.393. The number of hydrogen-bond acceptors (Lipinski definition) is 7. The third kappa shape index (κ3) is 4.47. The summed E-state index contributed by atoms with van der Waals surface area (Å²) < 4.78 is 6.77. The van der Waals surface area contributed by atoms with Crippen molar-refractivity contribution in [1.29, 1.82) is 0 Å². The molecule has 0 aliphatic rings. The molecule has 3 rings (SSSR count). The van der Waals surface area contributed by atoms with Crippen molar-refractivity contribution < 1.29 is 14.3 Å². The van der Waals surface area contributed by atoms with Crippen LogP contribution in [0.5, 0.6) is 0 Å². The molecule has 1 heterocycles. The Labute approximate surface area is 166 Å². The molecule has 1 aromatic heterocycles. The first-order chi connectivity index (χ1) is 12.9. The fraction of sp³-hybridized carbons (Fsp3) is 0. The van der Waals surface area contributed by atoms with E-state index in [1.54, 1.807) is 12.1 Å². The number of hydrogen-bond donors (Lipinski definition) is 1. The Morgan fingerprint density at radius 3 is 2.41 bits per heavy atom. The molecule has 10 heteroatoms. The van der Waals surface area contributed by atoms with Crippen LogP contribution in [0.3, 0.4) is 0 Å². The number of non-ortho nitro benzene ring substituents is 1. The summed E-state index contributed by atoms with van der Waals surface area (Å²) in [6, 6.07) is 14.5. The summed E-state index contributed by atoms with van der Waals surface area (Å²) in [5.41, 5.74) is 2.64. The lowest BCUT2D eigenvalue weighted by Crippen LogP contribution is -1.98. The number of anilines is 1. The van der Waals surface area contributed by atoms with Crippen LogP contribution in [0.15, 0.2) is 64.1 Å². The van der Waals surface area contributed by atoms with Gasteiger partial charge in [-0.15, -0.1) is 0 Å². The van der Waals surface area contributed by atoms with Crippen LogP contribution in [0.4, 0.5) is 17.1 Å². The topological polar surface area (TPSA) is 124 Å². The molecule has 0 bridgehead atoms. The van der Waals surface area contributed by atoms with E-state index in [-0.39, 0.29) is 11.4 Å². The monoisotopic (exact) mass is 478 g/mol. The molecule has 0 amide bonds. The van der Waals surface area contributed by atoms with Crippen molar-refractivity contribution in [2.75, 3.05) is 5.43 Å². The number of nitro benzene ring substituents is 2. The van der Waals surface area contributed by atoms with Crippen molar-refractivity contribution in [2.24, 2.45) is 5.10 Å². The molecule has 3 aromatic rings. The zero-order valence-electron chi connectivity index (χ0n) is 13.5. The Kier molecular flexibility index (Phi) is 5.45. The molecule has 0 radical (unpaired) electrons. The molecule has 0 atom stereocenters. The maximum atomic E-state index is 11.1. The normalized spacial score (nSPS) is 10.9. The number of nitrogens with zero attached hydrogens (tertiary/aromatic N) is 3. The Morgan fingerprint density at radius 2 is 1.74 bits per heavy atom. The molecule has 0 spiro atoms. The molecule has 1 N–H and O–H groups in total. The molecule has 0 saturated heterocycles. The quantitative estimate of drug-likeness (QED) is 0.235. The third-order valence-electron chi connectivity index (χ3n) is 3.52. The minimum atomic E-state index is -0.716. The summed E-state index contributed by atoms with van der Waals surface area (Å²) in [6.07, 6.45) is 1.36. The van der Waals surface area contributed by atoms with E-state index in [9.17, 15) is 20.2 Å². The van der Waals surface area contributed by atoms with Crippen molar-refractivity contribution in [1.82, 2.24) is 0 Å². The highest BCUT2D eigenvalue weighted by molar-refractivity contribution is 14.1. The van der Waals surface area contributed by atoms with E-state index in [0.29, 0.717) is 11.5 Å². The first kappa shape index (κ1) is 18.5. The third-order valence-corrected chi connectivity index (χ3v) is 4.24. The fourth-order valence-electron chi connectivity index (χ4n) is 2.24. The largest absolute Gasteiger partial charge is 0.455 e. The first-order valence-corrected chi connectivity index (χ1v) is 8.59. The molecule has 9 nitrogen and oxygen atoms in total. The van der Waals surface area contributed by atoms with E-state index >= 15 is 0 Å². The number of benzene rings is 2. The van der Waals surface area contributed by atoms with Crippen LogP contribution in [0.1, 0.15) is 5.76 Å². The van der Waals surface area contributed by atoms with Gasteiger partial charge in [0.05, 0.1) is 22.1 Å². The molecule has 2 aromatic carbocycles. The smallest absolute Gasteiger partial charge is 0.301 e. The maximum absolute atomic E-state index is 11.1. The Hall–Kier alpha value is -3.28. The molecule has 0 fully saturated rings. The second-order valence-corrected chi connectivity index (χ2v) is 6.54. The Morgan fingerprint density at radius 1 is 1.00 bits per heavy atom. The van der Waals surface area contributed by atoms with E-state index in [1.165, 1.54) is 12.3 Å². The van der Waals surface area contributed by atoms with Crippen LogP contribution in [0, 0.1) is 23.8 Å². The summed E-state index contributed by atoms with van der Waals surface area (Å²) in [5.74, 6) is 1.11. The van der Waals surface area contributed by atoms with E-state index < -0.39 is 15.5 Å². The molecule has 0 saturated carbocycles. The maximum Gasteiger partial charge on any atom is 0.301 e. The number of furan rings is 1. The SMILES string of the molecule is O=[N+]([O-])c1ccc(N/N=C\c2ccc(-c3ccc(I)cc3)o2)c([N+](=O)[O-])c1. The predicted molar refractivity (Wildman–Crippen MR) is 108 cm³/mol.